The second-order valence-corrected chi connectivity index (χ2v) is 4.37. The highest BCUT2D eigenvalue weighted by Crippen LogP contribution is 2.08. The fraction of sp³-hybridized carbons (Fsp3) is 0.200. The van der Waals surface area contributed by atoms with E-state index >= 15 is 0 Å². The molecule has 0 fully saturated rings. The van der Waals surface area contributed by atoms with Crippen molar-refractivity contribution in [1.29, 1.82) is 0 Å². The van der Waals surface area contributed by atoms with Crippen molar-refractivity contribution in [2.24, 2.45) is 0 Å². The lowest BCUT2D eigenvalue weighted by Crippen LogP contribution is -2.45. The zero-order valence-electron chi connectivity index (χ0n) is 11.5. The predicted molar refractivity (Wildman–Crippen MR) is 75.6 cm³/mol. The van der Waals surface area contributed by atoms with E-state index in [1.54, 1.807) is 43.3 Å². The van der Waals surface area contributed by atoms with Gasteiger partial charge in [-0.2, -0.15) is 0 Å². The average molecular weight is 288 g/mol. The summed E-state index contributed by atoms with van der Waals surface area (Å²) in [5.41, 5.74) is 0. The summed E-state index contributed by atoms with van der Waals surface area (Å²) in [7, 11) is 0. The number of nitrogens with one attached hydrogen (secondary N) is 2. The fourth-order valence-electron chi connectivity index (χ4n) is 1.61. The van der Waals surface area contributed by atoms with Crippen LogP contribution in [0.4, 0.5) is 4.79 Å². The number of furan rings is 1. The van der Waals surface area contributed by atoms with Crippen LogP contribution in [0.1, 0.15) is 12.7 Å². The molecule has 110 valence electrons. The Kier molecular flexibility index (Phi) is 4.98. The molecule has 0 aliphatic heterocycles. The number of amides is 2. The molecule has 0 saturated carbocycles. The van der Waals surface area contributed by atoms with Crippen molar-refractivity contribution in [3.8, 4) is 5.75 Å². The Balaban J connectivity index is 1.76. The average Bonchev–Trinajstić information content (AvgIpc) is 2.98. The summed E-state index contributed by atoms with van der Waals surface area (Å²) in [6.07, 6.45) is 0.849. The number of hydrogen-bond acceptors (Lipinski definition) is 4. The highest BCUT2D eigenvalue weighted by molar-refractivity contribution is 5.85. The standard InChI is InChI=1S/C15H16N2O4/c1-11(14(18)16-10-13-8-5-9-20-13)17-15(19)21-12-6-3-2-4-7-12/h2-9,11H,10H2,1H3,(H,16,18)(H,17,19)/t11-/m0/s1. The van der Waals surface area contributed by atoms with Crippen LogP contribution in [0.25, 0.3) is 0 Å². The van der Waals surface area contributed by atoms with Gasteiger partial charge in [0.25, 0.3) is 0 Å². The van der Waals surface area contributed by atoms with E-state index < -0.39 is 12.1 Å². The number of carbonyl (C=O) groups is 2. The fourth-order valence-corrected chi connectivity index (χ4v) is 1.61. The van der Waals surface area contributed by atoms with Gasteiger partial charge in [-0.25, -0.2) is 4.79 Å². The molecule has 0 radical (unpaired) electrons. The Labute approximate surface area is 122 Å². The summed E-state index contributed by atoms with van der Waals surface area (Å²) in [4.78, 5) is 23.4. The Bertz CT molecular complexity index is 581. The second-order valence-electron chi connectivity index (χ2n) is 4.37. The molecular weight excluding hydrogens is 272 g/mol. The predicted octanol–water partition coefficient (Wildman–Crippen LogP) is 2.07. The first kappa shape index (κ1) is 14.6. The van der Waals surface area contributed by atoms with Crippen molar-refractivity contribution < 1.29 is 18.7 Å². The molecule has 0 aliphatic rings. The lowest BCUT2D eigenvalue weighted by Gasteiger charge is -2.13. The molecule has 21 heavy (non-hydrogen) atoms. The van der Waals surface area contributed by atoms with Crippen molar-refractivity contribution >= 4 is 12.0 Å². The molecule has 2 aromatic rings. The Morgan fingerprint density at radius 2 is 1.95 bits per heavy atom. The summed E-state index contributed by atoms with van der Waals surface area (Å²) in [6, 6.07) is 11.4. The molecular formula is C15H16N2O4. The maximum absolute atomic E-state index is 11.8. The molecule has 1 aromatic carbocycles. The Morgan fingerprint density at radius 3 is 2.62 bits per heavy atom. The third kappa shape index (κ3) is 4.68. The molecule has 1 aromatic heterocycles. The van der Waals surface area contributed by atoms with Crippen molar-refractivity contribution in [3.63, 3.8) is 0 Å². The molecule has 1 heterocycles. The molecule has 0 aliphatic carbocycles. The lowest BCUT2D eigenvalue weighted by atomic mass is 10.3. The first-order chi connectivity index (χ1) is 10.1. The maximum atomic E-state index is 11.8. The Morgan fingerprint density at radius 1 is 1.19 bits per heavy atom. The van der Waals surface area contributed by atoms with E-state index in [2.05, 4.69) is 10.6 Å². The third-order valence-corrected chi connectivity index (χ3v) is 2.70. The monoisotopic (exact) mass is 288 g/mol. The van der Waals surface area contributed by atoms with Gasteiger partial charge >= 0.3 is 6.09 Å². The van der Waals surface area contributed by atoms with Gasteiger partial charge in [0.1, 0.15) is 17.6 Å². The van der Waals surface area contributed by atoms with Crippen LogP contribution < -0.4 is 15.4 Å². The molecule has 1 atom stereocenters. The van der Waals surface area contributed by atoms with Gasteiger partial charge in [0, 0.05) is 0 Å². The van der Waals surface area contributed by atoms with Crippen LogP contribution >= 0.6 is 0 Å². The van der Waals surface area contributed by atoms with Gasteiger partial charge in [0.15, 0.2) is 0 Å². The summed E-state index contributed by atoms with van der Waals surface area (Å²) < 4.78 is 10.1. The molecule has 0 bridgehead atoms. The summed E-state index contributed by atoms with van der Waals surface area (Å²) >= 11 is 0. The Hall–Kier alpha value is -2.76. The SMILES string of the molecule is C[C@H](NC(=O)Oc1ccccc1)C(=O)NCc1ccco1. The first-order valence-corrected chi connectivity index (χ1v) is 6.48. The molecule has 2 N–H and O–H groups in total. The van der Waals surface area contributed by atoms with E-state index in [0.717, 1.165) is 0 Å². The summed E-state index contributed by atoms with van der Waals surface area (Å²) in [5, 5.41) is 5.11. The second kappa shape index (κ2) is 7.14. The smallest absolute Gasteiger partial charge is 0.413 e. The minimum absolute atomic E-state index is 0.269. The highest BCUT2D eigenvalue weighted by Gasteiger charge is 2.16. The van der Waals surface area contributed by atoms with Crippen molar-refractivity contribution in [1.82, 2.24) is 10.6 Å². The molecule has 0 unspecified atom stereocenters. The van der Waals surface area contributed by atoms with Gasteiger partial charge in [-0.1, -0.05) is 18.2 Å². The number of benzene rings is 1. The van der Waals surface area contributed by atoms with Crippen LogP contribution in [-0.2, 0) is 11.3 Å². The largest absolute Gasteiger partial charge is 0.467 e. The number of carbonyl (C=O) groups excluding carboxylic acids is 2. The van der Waals surface area contributed by atoms with Crippen LogP contribution in [0.2, 0.25) is 0 Å². The van der Waals surface area contributed by atoms with E-state index in [4.69, 9.17) is 9.15 Å². The normalized spacial score (nSPS) is 11.5. The summed E-state index contributed by atoms with van der Waals surface area (Å²) in [5.74, 6) is 0.733. The van der Waals surface area contributed by atoms with Crippen molar-refractivity contribution in [3.05, 3.63) is 54.5 Å². The first-order valence-electron chi connectivity index (χ1n) is 6.48. The highest BCUT2D eigenvalue weighted by atomic mass is 16.6. The lowest BCUT2D eigenvalue weighted by molar-refractivity contribution is -0.122. The third-order valence-electron chi connectivity index (χ3n) is 2.70. The van der Waals surface area contributed by atoms with Gasteiger partial charge < -0.3 is 19.8 Å². The van der Waals surface area contributed by atoms with E-state index in [-0.39, 0.29) is 12.5 Å². The van der Waals surface area contributed by atoms with Crippen LogP contribution in [0.15, 0.2) is 53.1 Å². The molecule has 0 spiro atoms. The quantitative estimate of drug-likeness (QED) is 0.882. The zero-order valence-corrected chi connectivity index (χ0v) is 11.5. The summed E-state index contributed by atoms with van der Waals surface area (Å²) in [6.45, 7) is 1.84. The van der Waals surface area contributed by atoms with Crippen molar-refractivity contribution in [2.75, 3.05) is 0 Å². The van der Waals surface area contributed by atoms with Gasteiger partial charge in [-0.3, -0.25) is 4.79 Å². The maximum Gasteiger partial charge on any atom is 0.413 e. The minimum atomic E-state index is -0.712. The van der Waals surface area contributed by atoms with Crippen LogP contribution in [-0.4, -0.2) is 18.0 Å². The molecule has 2 amide bonds. The van der Waals surface area contributed by atoms with E-state index in [1.807, 2.05) is 6.07 Å². The minimum Gasteiger partial charge on any atom is -0.467 e. The van der Waals surface area contributed by atoms with Crippen LogP contribution in [0.3, 0.4) is 0 Å². The van der Waals surface area contributed by atoms with Crippen molar-refractivity contribution in [2.45, 2.75) is 19.5 Å². The number of para-hydroxylation sites is 1. The van der Waals surface area contributed by atoms with Crippen LogP contribution in [0, 0.1) is 0 Å². The topological polar surface area (TPSA) is 80.6 Å². The number of hydrogen-bond donors (Lipinski definition) is 2. The van der Waals surface area contributed by atoms with Gasteiger partial charge in [-0.15, -0.1) is 0 Å². The molecule has 0 saturated heterocycles. The van der Waals surface area contributed by atoms with Gasteiger partial charge in [0.05, 0.1) is 12.8 Å². The van der Waals surface area contributed by atoms with Crippen LogP contribution in [0.5, 0.6) is 5.75 Å². The zero-order chi connectivity index (χ0) is 15.1. The molecule has 6 heteroatoms. The van der Waals surface area contributed by atoms with E-state index in [9.17, 15) is 9.59 Å². The van der Waals surface area contributed by atoms with E-state index in [0.29, 0.717) is 11.5 Å². The number of rotatable bonds is 5. The van der Waals surface area contributed by atoms with Gasteiger partial charge in [0.2, 0.25) is 5.91 Å². The van der Waals surface area contributed by atoms with E-state index in [1.165, 1.54) is 6.26 Å². The molecule has 2 rings (SSSR count). The molecule has 6 nitrogen and oxygen atoms in total. The number of ether oxygens (including phenoxy) is 1. The van der Waals surface area contributed by atoms with Gasteiger partial charge in [-0.05, 0) is 31.2 Å².